The van der Waals surface area contributed by atoms with Crippen LogP contribution in [0.15, 0.2) is 22.7 Å². The van der Waals surface area contributed by atoms with Gasteiger partial charge in [0.1, 0.15) is 0 Å². The van der Waals surface area contributed by atoms with Crippen LogP contribution in [0.1, 0.15) is 13.8 Å². The van der Waals surface area contributed by atoms with E-state index in [-0.39, 0.29) is 6.04 Å². The third kappa shape index (κ3) is 3.96. The molecule has 0 radical (unpaired) electrons. The lowest BCUT2D eigenvalue weighted by Gasteiger charge is -2.23. The predicted octanol–water partition coefficient (Wildman–Crippen LogP) is 4.19. The highest BCUT2D eigenvalue weighted by atomic mass is 79.9. The Kier molecular flexibility index (Phi) is 5.59. The van der Waals surface area contributed by atoms with Gasteiger partial charge in [-0.3, -0.25) is 0 Å². The SMILES string of the molecule is COCC(Nc1cc(Cl)ccc1Br)C(C)C. The number of nitrogens with one attached hydrogen (secondary N) is 1. The molecule has 1 aromatic carbocycles. The van der Waals surface area contributed by atoms with Crippen LogP contribution in [0, 0.1) is 5.92 Å². The van der Waals surface area contributed by atoms with Crippen LogP contribution in [0.25, 0.3) is 0 Å². The minimum atomic E-state index is 0.278. The topological polar surface area (TPSA) is 21.3 Å². The molecule has 0 aromatic heterocycles. The monoisotopic (exact) mass is 305 g/mol. The number of benzene rings is 1. The average Bonchev–Trinajstić information content (AvgIpc) is 2.22. The second kappa shape index (κ2) is 6.48. The molecule has 16 heavy (non-hydrogen) atoms. The normalized spacial score (nSPS) is 12.9. The van der Waals surface area contributed by atoms with Crippen LogP contribution in [0.2, 0.25) is 5.02 Å². The maximum atomic E-state index is 5.96. The predicted molar refractivity (Wildman–Crippen MR) is 73.3 cm³/mol. The van der Waals surface area contributed by atoms with Gasteiger partial charge < -0.3 is 10.1 Å². The fraction of sp³-hybridized carbons (Fsp3) is 0.500. The van der Waals surface area contributed by atoms with Gasteiger partial charge in [-0.2, -0.15) is 0 Å². The van der Waals surface area contributed by atoms with Crippen molar-refractivity contribution in [3.63, 3.8) is 0 Å². The van der Waals surface area contributed by atoms with Gasteiger partial charge in [-0.25, -0.2) is 0 Å². The zero-order chi connectivity index (χ0) is 12.1. The Labute approximate surface area is 110 Å². The average molecular weight is 307 g/mol. The van der Waals surface area contributed by atoms with Crippen molar-refractivity contribution in [2.75, 3.05) is 19.0 Å². The Hall–Kier alpha value is -0.250. The molecule has 1 atom stereocenters. The Bertz CT molecular complexity index is 344. The molecule has 0 bridgehead atoms. The maximum absolute atomic E-state index is 5.96. The van der Waals surface area contributed by atoms with Crippen LogP contribution in [-0.4, -0.2) is 19.8 Å². The summed E-state index contributed by atoms with van der Waals surface area (Å²) in [6.45, 7) is 5.00. The van der Waals surface area contributed by atoms with E-state index in [0.29, 0.717) is 12.5 Å². The molecule has 1 rings (SSSR count). The van der Waals surface area contributed by atoms with Gasteiger partial charge in [0, 0.05) is 16.6 Å². The first kappa shape index (κ1) is 13.8. The van der Waals surface area contributed by atoms with Crippen LogP contribution >= 0.6 is 27.5 Å². The Morgan fingerprint density at radius 1 is 1.44 bits per heavy atom. The summed E-state index contributed by atoms with van der Waals surface area (Å²) in [5.41, 5.74) is 1.00. The first-order valence-electron chi connectivity index (χ1n) is 5.25. The molecule has 0 aliphatic heterocycles. The Morgan fingerprint density at radius 3 is 2.69 bits per heavy atom. The number of ether oxygens (including phenoxy) is 1. The summed E-state index contributed by atoms with van der Waals surface area (Å²) >= 11 is 9.46. The van der Waals surface area contributed by atoms with Crippen molar-refractivity contribution in [1.82, 2.24) is 0 Å². The van der Waals surface area contributed by atoms with Crippen LogP contribution in [0.4, 0.5) is 5.69 Å². The van der Waals surface area contributed by atoms with Gasteiger partial charge in [-0.1, -0.05) is 25.4 Å². The van der Waals surface area contributed by atoms with E-state index in [9.17, 15) is 0 Å². The van der Waals surface area contributed by atoms with Crippen LogP contribution in [-0.2, 0) is 4.74 Å². The summed E-state index contributed by atoms with van der Waals surface area (Å²) in [6.07, 6.45) is 0. The summed E-state index contributed by atoms with van der Waals surface area (Å²) in [5.74, 6) is 0.492. The number of methoxy groups -OCH3 is 1. The molecule has 0 saturated heterocycles. The zero-order valence-electron chi connectivity index (χ0n) is 9.76. The van der Waals surface area contributed by atoms with E-state index in [1.165, 1.54) is 0 Å². The lowest BCUT2D eigenvalue weighted by atomic mass is 10.1. The molecule has 1 aromatic rings. The van der Waals surface area contributed by atoms with E-state index in [0.717, 1.165) is 15.2 Å². The van der Waals surface area contributed by atoms with Crippen molar-refractivity contribution < 1.29 is 4.74 Å². The fourth-order valence-corrected chi connectivity index (χ4v) is 1.92. The molecule has 1 N–H and O–H groups in total. The van der Waals surface area contributed by atoms with E-state index in [1.807, 2.05) is 18.2 Å². The largest absolute Gasteiger partial charge is 0.383 e. The summed E-state index contributed by atoms with van der Waals surface area (Å²) in [6, 6.07) is 5.99. The van der Waals surface area contributed by atoms with Crippen molar-refractivity contribution in [3.8, 4) is 0 Å². The van der Waals surface area contributed by atoms with Gasteiger partial charge in [-0.05, 0) is 40.0 Å². The molecule has 1 unspecified atom stereocenters. The summed E-state index contributed by atoms with van der Waals surface area (Å²) in [5, 5.41) is 4.16. The van der Waals surface area contributed by atoms with Crippen molar-refractivity contribution in [1.29, 1.82) is 0 Å². The highest BCUT2D eigenvalue weighted by Crippen LogP contribution is 2.27. The lowest BCUT2D eigenvalue weighted by molar-refractivity contribution is 0.171. The Balaban J connectivity index is 2.80. The molecule has 0 aliphatic carbocycles. The van der Waals surface area contributed by atoms with Crippen LogP contribution < -0.4 is 5.32 Å². The standard InChI is InChI=1S/C12H17BrClNO/c1-8(2)12(7-16-3)15-11-6-9(14)4-5-10(11)13/h4-6,8,12,15H,7H2,1-3H3. The summed E-state index contributed by atoms with van der Waals surface area (Å²) < 4.78 is 6.21. The highest BCUT2D eigenvalue weighted by Gasteiger charge is 2.14. The third-order valence-electron chi connectivity index (χ3n) is 2.42. The molecular formula is C12H17BrClNO. The van der Waals surface area contributed by atoms with E-state index in [2.05, 4.69) is 35.1 Å². The quantitative estimate of drug-likeness (QED) is 0.881. The van der Waals surface area contributed by atoms with Crippen molar-refractivity contribution >= 4 is 33.2 Å². The van der Waals surface area contributed by atoms with Gasteiger partial charge in [-0.15, -0.1) is 0 Å². The molecule has 0 saturated carbocycles. The first-order valence-corrected chi connectivity index (χ1v) is 6.42. The van der Waals surface area contributed by atoms with E-state index < -0.39 is 0 Å². The van der Waals surface area contributed by atoms with Gasteiger partial charge >= 0.3 is 0 Å². The minimum absolute atomic E-state index is 0.278. The van der Waals surface area contributed by atoms with Crippen molar-refractivity contribution in [2.45, 2.75) is 19.9 Å². The van der Waals surface area contributed by atoms with Gasteiger partial charge in [0.05, 0.1) is 18.3 Å². The molecule has 0 amide bonds. The maximum Gasteiger partial charge on any atom is 0.0666 e. The van der Waals surface area contributed by atoms with Crippen LogP contribution in [0.5, 0.6) is 0 Å². The van der Waals surface area contributed by atoms with Crippen molar-refractivity contribution in [2.24, 2.45) is 5.92 Å². The van der Waals surface area contributed by atoms with Gasteiger partial charge in [0.15, 0.2) is 0 Å². The summed E-state index contributed by atoms with van der Waals surface area (Å²) in [4.78, 5) is 0. The second-order valence-corrected chi connectivity index (χ2v) is 5.37. The molecule has 2 nitrogen and oxygen atoms in total. The molecule has 0 spiro atoms. The number of rotatable bonds is 5. The minimum Gasteiger partial charge on any atom is -0.383 e. The van der Waals surface area contributed by atoms with Gasteiger partial charge in [0.25, 0.3) is 0 Å². The lowest BCUT2D eigenvalue weighted by Crippen LogP contribution is -2.30. The first-order chi connectivity index (χ1) is 7.54. The third-order valence-corrected chi connectivity index (χ3v) is 3.35. The van der Waals surface area contributed by atoms with Crippen LogP contribution in [0.3, 0.4) is 0 Å². The van der Waals surface area contributed by atoms with E-state index >= 15 is 0 Å². The molecule has 0 aliphatic rings. The molecular weight excluding hydrogens is 289 g/mol. The van der Waals surface area contributed by atoms with E-state index in [4.69, 9.17) is 16.3 Å². The Morgan fingerprint density at radius 2 is 2.12 bits per heavy atom. The number of hydrogen-bond acceptors (Lipinski definition) is 2. The number of hydrogen-bond donors (Lipinski definition) is 1. The smallest absolute Gasteiger partial charge is 0.0666 e. The summed E-state index contributed by atoms with van der Waals surface area (Å²) in [7, 11) is 1.71. The fourth-order valence-electron chi connectivity index (χ4n) is 1.39. The highest BCUT2D eigenvalue weighted by molar-refractivity contribution is 9.10. The van der Waals surface area contributed by atoms with Gasteiger partial charge in [0.2, 0.25) is 0 Å². The molecule has 0 fully saturated rings. The zero-order valence-corrected chi connectivity index (χ0v) is 12.1. The number of anilines is 1. The van der Waals surface area contributed by atoms with E-state index in [1.54, 1.807) is 7.11 Å². The molecule has 4 heteroatoms. The van der Waals surface area contributed by atoms with Crippen molar-refractivity contribution in [3.05, 3.63) is 27.7 Å². The molecule has 90 valence electrons. The second-order valence-electron chi connectivity index (χ2n) is 4.07. The molecule has 0 heterocycles. The number of halogens is 2.